The molecule has 2 amide bonds. The molecule has 2 saturated heterocycles. The van der Waals surface area contributed by atoms with Crippen LogP contribution in [0.4, 0.5) is 5.69 Å². The van der Waals surface area contributed by atoms with Crippen LogP contribution in [0.3, 0.4) is 0 Å². The van der Waals surface area contributed by atoms with Gasteiger partial charge < -0.3 is 9.80 Å². The van der Waals surface area contributed by atoms with Crippen molar-refractivity contribution >= 4 is 17.5 Å². The van der Waals surface area contributed by atoms with Crippen LogP contribution in [0.2, 0.25) is 0 Å². The Morgan fingerprint density at radius 2 is 1.92 bits per heavy atom. The van der Waals surface area contributed by atoms with E-state index < -0.39 is 0 Å². The third-order valence-electron chi connectivity index (χ3n) is 5.01. The summed E-state index contributed by atoms with van der Waals surface area (Å²) in [4.78, 5) is 36.9. The topological polar surface area (TPSA) is 66.4 Å². The van der Waals surface area contributed by atoms with Gasteiger partial charge in [0, 0.05) is 32.0 Å². The first-order chi connectivity index (χ1) is 11.7. The molecular formula is C18H18N4O2. The number of aromatic nitrogens is 2. The Hall–Kier alpha value is -2.76. The fraction of sp³-hybridized carbons (Fsp3) is 0.333. The summed E-state index contributed by atoms with van der Waals surface area (Å²) in [6.45, 7) is 1.91. The van der Waals surface area contributed by atoms with E-state index in [0.717, 1.165) is 5.69 Å². The zero-order valence-electron chi connectivity index (χ0n) is 13.3. The number of β-lactam (4-membered cyclic amide) rings is 1. The van der Waals surface area contributed by atoms with Gasteiger partial charge in [-0.3, -0.25) is 19.6 Å². The van der Waals surface area contributed by atoms with Crippen LogP contribution in [-0.4, -0.2) is 46.3 Å². The summed E-state index contributed by atoms with van der Waals surface area (Å²) in [5.74, 6) is 0.0989. The Kier molecular flexibility index (Phi) is 3.52. The highest BCUT2D eigenvalue weighted by atomic mass is 16.2. The maximum atomic E-state index is 12.7. The number of carbonyl (C=O) groups excluding carboxylic acids is 2. The van der Waals surface area contributed by atoms with E-state index >= 15 is 0 Å². The normalized spacial score (nSPS) is 19.2. The number of rotatable bonds is 2. The van der Waals surface area contributed by atoms with Gasteiger partial charge in [-0.05, 0) is 37.1 Å². The lowest BCUT2D eigenvalue weighted by atomic mass is 9.71. The summed E-state index contributed by atoms with van der Waals surface area (Å²) >= 11 is 0. The molecule has 2 aliphatic heterocycles. The van der Waals surface area contributed by atoms with E-state index in [-0.39, 0.29) is 17.2 Å². The third kappa shape index (κ3) is 2.35. The molecule has 2 aliphatic rings. The SMILES string of the molecule is O=C(c1ccccn1)N1CCC2(CC1)CN(c1cccnc1)C2=O. The van der Waals surface area contributed by atoms with Gasteiger partial charge in [-0.2, -0.15) is 0 Å². The van der Waals surface area contributed by atoms with Crippen LogP contribution in [-0.2, 0) is 4.79 Å². The number of hydrogen-bond acceptors (Lipinski definition) is 4. The monoisotopic (exact) mass is 322 g/mol. The lowest BCUT2D eigenvalue weighted by Crippen LogP contribution is -2.65. The van der Waals surface area contributed by atoms with Gasteiger partial charge in [-0.25, -0.2) is 0 Å². The standard InChI is InChI=1S/C18H18N4O2/c23-16(15-5-1-2-9-20-15)21-10-6-18(7-11-21)13-22(17(18)24)14-4-3-8-19-12-14/h1-5,8-9,12H,6-7,10-11,13H2. The number of pyridine rings is 2. The van der Waals surface area contributed by atoms with Crippen molar-refractivity contribution in [1.82, 2.24) is 14.9 Å². The molecule has 0 N–H and O–H groups in total. The molecule has 2 fully saturated rings. The highest BCUT2D eigenvalue weighted by Gasteiger charge is 2.53. The van der Waals surface area contributed by atoms with E-state index in [4.69, 9.17) is 0 Å². The van der Waals surface area contributed by atoms with Crippen LogP contribution < -0.4 is 4.90 Å². The zero-order chi connectivity index (χ0) is 16.6. The molecule has 0 aliphatic carbocycles. The Morgan fingerprint density at radius 1 is 1.08 bits per heavy atom. The molecule has 0 radical (unpaired) electrons. The Bertz CT molecular complexity index is 755. The predicted molar refractivity (Wildman–Crippen MR) is 88.4 cm³/mol. The van der Waals surface area contributed by atoms with Crippen molar-refractivity contribution < 1.29 is 9.59 Å². The molecule has 6 heteroatoms. The third-order valence-corrected chi connectivity index (χ3v) is 5.01. The average Bonchev–Trinajstić information content (AvgIpc) is 2.67. The van der Waals surface area contributed by atoms with Crippen LogP contribution in [0, 0.1) is 5.41 Å². The van der Waals surface area contributed by atoms with Crippen molar-refractivity contribution in [3.63, 3.8) is 0 Å². The molecule has 4 heterocycles. The van der Waals surface area contributed by atoms with Crippen molar-refractivity contribution in [3.05, 3.63) is 54.6 Å². The van der Waals surface area contributed by atoms with E-state index in [1.165, 1.54) is 0 Å². The highest BCUT2D eigenvalue weighted by Crippen LogP contribution is 2.43. The second-order valence-electron chi connectivity index (χ2n) is 6.39. The van der Waals surface area contributed by atoms with Crippen molar-refractivity contribution in [2.75, 3.05) is 24.5 Å². The first kappa shape index (κ1) is 14.8. The van der Waals surface area contributed by atoms with Gasteiger partial charge in [-0.1, -0.05) is 6.07 Å². The van der Waals surface area contributed by atoms with E-state index in [2.05, 4.69) is 9.97 Å². The quantitative estimate of drug-likeness (QED) is 0.790. The number of likely N-dealkylation sites (tertiary alicyclic amines) is 1. The van der Waals surface area contributed by atoms with Gasteiger partial charge in [0.15, 0.2) is 0 Å². The van der Waals surface area contributed by atoms with Crippen LogP contribution in [0.15, 0.2) is 48.9 Å². The highest BCUT2D eigenvalue weighted by molar-refractivity contribution is 6.04. The minimum Gasteiger partial charge on any atom is -0.337 e. The minimum absolute atomic E-state index is 0.0543. The van der Waals surface area contributed by atoms with Gasteiger partial charge in [0.2, 0.25) is 5.91 Å². The van der Waals surface area contributed by atoms with Crippen LogP contribution in [0.1, 0.15) is 23.3 Å². The first-order valence-electron chi connectivity index (χ1n) is 8.12. The second-order valence-corrected chi connectivity index (χ2v) is 6.39. The lowest BCUT2D eigenvalue weighted by molar-refractivity contribution is -0.138. The maximum absolute atomic E-state index is 12.7. The van der Waals surface area contributed by atoms with Gasteiger partial charge in [0.25, 0.3) is 5.91 Å². The molecule has 24 heavy (non-hydrogen) atoms. The van der Waals surface area contributed by atoms with Gasteiger partial charge in [0.05, 0.1) is 17.3 Å². The van der Waals surface area contributed by atoms with E-state index in [9.17, 15) is 9.59 Å². The molecular weight excluding hydrogens is 304 g/mol. The van der Waals surface area contributed by atoms with Gasteiger partial charge in [0.1, 0.15) is 5.69 Å². The molecule has 0 aromatic carbocycles. The molecule has 6 nitrogen and oxygen atoms in total. The zero-order valence-corrected chi connectivity index (χ0v) is 13.3. The van der Waals surface area contributed by atoms with Crippen molar-refractivity contribution in [2.45, 2.75) is 12.8 Å². The molecule has 122 valence electrons. The summed E-state index contributed by atoms with van der Waals surface area (Å²) in [6, 6.07) is 9.07. The van der Waals surface area contributed by atoms with Gasteiger partial charge >= 0.3 is 0 Å². The lowest BCUT2D eigenvalue weighted by Gasteiger charge is -2.52. The largest absolute Gasteiger partial charge is 0.337 e. The van der Waals surface area contributed by atoms with Crippen LogP contribution in [0.25, 0.3) is 0 Å². The molecule has 2 aromatic rings. The van der Waals surface area contributed by atoms with Crippen molar-refractivity contribution in [3.8, 4) is 0 Å². The summed E-state index contributed by atoms with van der Waals surface area (Å²) in [7, 11) is 0. The Morgan fingerprint density at radius 3 is 2.54 bits per heavy atom. The Balaban J connectivity index is 1.40. The number of hydrogen-bond donors (Lipinski definition) is 0. The summed E-state index contributed by atoms with van der Waals surface area (Å²) in [5.41, 5.74) is 1.00. The first-order valence-corrected chi connectivity index (χ1v) is 8.12. The minimum atomic E-state index is -0.309. The number of anilines is 1. The molecule has 4 rings (SSSR count). The number of carbonyl (C=O) groups is 2. The Labute approximate surface area is 140 Å². The molecule has 0 saturated carbocycles. The smallest absolute Gasteiger partial charge is 0.272 e. The van der Waals surface area contributed by atoms with Crippen molar-refractivity contribution in [1.29, 1.82) is 0 Å². The fourth-order valence-electron chi connectivity index (χ4n) is 3.52. The molecule has 0 bridgehead atoms. The van der Waals surface area contributed by atoms with E-state index in [0.29, 0.717) is 38.2 Å². The fourth-order valence-corrected chi connectivity index (χ4v) is 3.52. The summed E-state index contributed by atoms with van der Waals surface area (Å²) in [6.07, 6.45) is 6.46. The van der Waals surface area contributed by atoms with E-state index in [1.54, 1.807) is 40.5 Å². The molecule has 1 spiro atoms. The van der Waals surface area contributed by atoms with Crippen LogP contribution in [0.5, 0.6) is 0 Å². The molecule has 2 aromatic heterocycles. The van der Waals surface area contributed by atoms with Crippen molar-refractivity contribution in [2.24, 2.45) is 5.41 Å². The number of piperidine rings is 1. The van der Waals surface area contributed by atoms with E-state index in [1.807, 2.05) is 18.2 Å². The predicted octanol–water partition coefficient (Wildman–Crippen LogP) is 1.75. The second kappa shape index (κ2) is 5.70. The number of nitrogens with zero attached hydrogens (tertiary/aromatic N) is 4. The maximum Gasteiger partial charge on any atom is 0.272 e. The molecule has 0 unspecified atom stereocenters. The molecule has 0 atom stereocenters. The average molecular weight is 322 g/mol. The summed E-state index contributed by atoms with van der Waals surface area (Å²) < 4.78 is 0. The number of amides is 2. The van der Waals surface area contributed by atoms with Crippen LogP contribution >= 0.6 is 0 Å². The summed E-state index contributed by atoms with van der Waals surface area (Å²) in [5, 5.41) is 0. The van der Waals surface area contributed by atoms with Gasteiger partial charge in [-0.15, -0.1) is 0 Å².